The van der Waals surface area contributed by atoms with Crippen molar-refractivity contribution in [1.82, 2.24) is 25.0 Å². The van der Waals surface area contributed by atoms with Crippen LogP contribution in [0.4, 0.5) is 10.1 Å². The van der Waals surface area contributed by atoms with E-state index >= 15 is 0 Å². The van der Waals surface area contributed by atoms with Crippen molar-refractivity contribution in [3.8, 4) is 0 Å². The molecule has 4 N–H and O–H groups in total. The summed E-state index contributed by atoms with van der Waals surface area (Å²) in [5.74, 6) is 0.341. The number of benzene rings is 1. The molecule has 3 aromatic rings. The number of nitrogens with one attached hydrogen (secondary N) is 2. The number of allylic oxidation sites excluding steroid dienone is 1. The number of aromatic nitrogens is 3. The van der Waals surface area contributed by atoms with E-state index < -0.39 is 6.04 Å². The Bertz CT molecular complexity index is 1360. The first-order chi connectivity index (χ1) is 17.0. The molecule has 9 nitrogen and oxygen atoms in total. The summed E-state index contributed by atoms with van der Waals surface area (Å²) in [6.45, 7) is 5.97. The fourth-order valence-electron chi connectivity index (χ4n) is 4.57. The number of hydrogen-bond donors (Lipinski definition) is 3. The van der Waals surface area contributed by atoms with Gasteiger partial charge < -0.3 is 16.0 Å². The molecule has 10 heteroatoms. The largest absolute Gasteiger partial charge is 0.403 e. The van der Waals surface area contributed by atoms with Gasteiger partial charge in [0.2, 0.25) is 11.4 Å². The Morgan fingerprint density at radius 1 is 1.29 bits per heavy atom. The number of rotatable bonds is 6. The second-order valence-corrected chi connectivity index (χ2v) is 8.87. The zero-order valence-electron chi connectivity index (χ0n) is 19.7. The summed E-state index contributed by atoms with van der Waals surface area (Å²) >= 11 is 0. The number of carbonyl (C=O) groups excluding carboxylic acids is 1. The average Bonchev–Trinajstić information content (AvgIpc) is 3.59. The lowest BCUT2D eigenvalue weighted by molar-refractivity contribution is -0.357. The van der Waals surface area contributed by atoms with Gasteiger partial charge in [-0.3, -0.25) is 9.79 Å². The van der Waals surface area contributed by atoms with E-state index in [0.29, 0.717) is 36.5 Å². The van der Waals surface area contributed by atoms with Gasteiger partial charge >= 0.3 is 0 Å². The molecule has 0 spiro atoms. The molecule has 1 amide bonds. The predicted molar refractivity (Wildman–Crippen MR) is 131 cm³/mol. The third kappa shape index (κ3) is 4.16. The molecule has 0 bridgehead atoms. The highest BCUT2D eigenvalue weighted by molar-refractivity contribution is 6.08. The molecule has 1 aromatic carbocycles. The van der Waals surface area contributed by atoms with Gasteiger partial charge in [-0.25, -0.2) is 19.0 Å². The molecular weight excluding hydrogens is 447 g/mol. The third-order valence-corrected chi connectivity index (χ3v) is 6.26. The Morgan fingerprint density at radius 2 is 2.09 bits per heavy atom. The summed E-state index contributed by atoms with van der Waals surface area (Å²) in [6, 6.07) is 9.38. The van der Waals surface area contributed by atoms with E-state index in [9.17, 15) is 9.18 Å². The Hall–Kier alpha value is -4.08. The highest BCUT2D eigenvalue weighted by atomic mass is 19.1. The van der Waals surface area contributed by atoms with Crippen molar-refractivity contribution in [2.24, 2.45) is 16.6 Å². The zero-order valence-corrected chi connectivity index (χ0v) is 19.7. The SMILES string of the molecule is CC(C)C(=[NH+]c1ccc(F)cc1)C(=CN)N1CCC(n2nc(C3=NCCN3)c3cccnc32)C1=O. The van der Waals surface area contributed by atoms with Gasteiger partial charge in [-0.05, 0) is 30.7 Å². The fraction of sp³-hybridized carbons (Fsp3) is 0.320. The van der Waals surface area contributed by atoms with Crippen LogP contribution in [0.2, 0.25) is 0 Å². The van der Waals surface area contributed by atoms with Gasteiger partial charge in [-0.1, -0.05) is 13.8 Å². The van der Waals surface area contributed by atoms with Gasteiger partial charge in [-0.2, -0.15) is 5.10 Å². The number of pyridine rings is 1. The van der Waals surface area contributed by atoms with Crippen molar-refractivity contribution in [2.45, 2.75) is 26.3 Å². The van der Waals surface area contributed by atoms with Crippen LogP contribution >= 0.6 is 0 Å². The summed E-state index contributed by atoms with van der Waals surface area (Å²) in [6.07, 6.45) is 3.72. The minimum Gasteiger partial charge on any atom is -0.403 e. The van der Waals surface area contributed by atoms with E-state index in [1.807, 2.05) is 26.0 Å². The summed E-state index contributed by atoms with van der Waals surface area (Å²) in [5, 5.41) is 8.90. The molecule has 5 rings (SSSR count). The molecule has 35 heavy (non-hydrogen) atoms. The van der Waals surface area contributed by atoms with E-state index in [1.54, 1.807) is 27.9 Å². The van der Waals surface area contributed by atoms with Crippen LogP contribution in [-0.4, -0.2) is 56.8 Å². The van der Waals surface area contributed by atoms with Gasteiger partial charge in [0.25, 0.3) is 5.91 Å². The number of halogens is 1. The van der Waals surface area contributed by atoms with Crippen LogP contribution in [0.3, 0.4) is 0 Å². The number of hydrogen-bond acceptors (Lipinski definition) is 6. The fourth-order valence-corrected chi connectivity index (χ4v) is 4.57. The van der Waals surface area contributed by atoms with Crippen molar-refractivity contribution >= 4 is 34.2 Å². The molecule has 4 heterocycles. The van der Waals surface area contributed by atoms with Crippen LogP contribution in [0.1, 0.15) is 32.0 Å². The first kappa shape index (κ1) is 22.7. The summed E-state index contributed by atoms with van der Waals surface area (Å²) < 4.78 is 15.1. The Morgan fingerprint density at radius 3 is 2.77 bits per heavy atom. The first-order valence-electron chi connectivity index (χ1n) is 11.7. The van der Waals surface area contributed by atoms with Crippen LogP contribution < -0.4 is 16.0 Å². The minimum atomic E-state index is -0.516. The number of amides is 1. The highest BCUT2D eigenvalue weighted by Gasteiger charge is 2.40. The highest BCUT2D eigenvalue weighted by Crippen LogP contribution is 2.30. The quantitative estimate of drug-likeness (QED) is 0.460. The summed E-state index contributed by atoms with van der Waals surface area (Å²) in [5.41, 5.74) is 9.51. The molecule has 2 aromatic heterocycles. The molecule has 1 fully saturated rings. The van der Waals surface area contributed by atoms with Gasteiger partial charge in [0.05, 0.1) is 11.9 Å². The predicted octanol–water partition coefficient (Wildman–Crippen LogP) is 1.00. The van der Waals surface area contributed by atoms with E-state index in [1.165, 1.54) is 18.3 Å². The number of amidine groups is 1. The summed E-state index contributed by atoms with van der Waals surface area (Å²) in [7, 11) is 0. The van der Waals surface area contributed by atoms with E-state index in [-0.39, 0.29) is 17.6 Å². The van der Waals surface area contributed by atoms with Crippen LogP contribution in [0.15, 0.2) is 59.5 Å². The van der Waals surface area contributed by atoms with Crippen LogP contribution in [0.25, 0.3) is 11.0 Å². The van der Waals surface area contributed by atoms with Crippen LogP contribution in [0.5, 0.6) is 0 Å². The molecule has 1 atom stereocenters. The van der Waals surface area contributed by atoms with Crippen molar-refractivity contribution in [1.29, 1.82) is 0 Å². The molecule has 1 unspecified atom stereocenters. The lowest BCUT2D eigenvalue weighted by Gasteiger charge is -2.20. The maximum Gasteiger partial charge on any atom is 0.252 e. The van der Waals surface area contributed by atoms with Gasteiger partial charge in [0.15, 0.2) is 5.65 Å². The molecule has 0 saturated carbocycles. The minimum absolute atomic E-state index is 0.0342. The van der Waals surface area contributed by atoms with Gasteiger partial charge in [-0.15, -0.1) is 0 Å². The van der Waals surface area contributed by atoms with E-state index in [0.717, 1.165) is 29.2 Å². The lowest BCUT2D eigenvalue weighted by Crippen LogP contribution is -2.69. The van der Waals surface area contributed by atoms with Gasteiger partial charge in [0.1, 0.15) is 29.1 Å². The number of nitrogens with two attached hydrogens (primary N) is 1. The van der Waals surface area contributed by atoms with Crippen molar-refractivity contribution in [2.75, 3.05) is 19.6 Å². The molecule has 180 valence electrons. The molecular formula is C25H28FN8O+. The topological polar surface area (TPSA) is 115 Å². The lowest BCUT2D eigenvalue weighted by atomic mass is 10.0. The zero-order chi connectivity index (χ0) is 24.5. The first-order valence-corrected chi connectivity index (χ1v) is 11.7. The van der Waals surface area contributed by atoms with Gasteiger partial charge in [0, 0.05) is 43.5 Å². The molecule has 2 aliphatic rings. The number of nitrogens with zero attached hydrogens (tertiary/aromatic N) is 5. The number of likely N-dealkylation sites (tertiary alicyclic amines) is 1. The number of carbonyl (C=O) groups is 1. The smallest absolute Gasteiger partial charge is 0.252 e. The summed E-state index contributed by atoms with van der Waals surface area (Å²) in [4.78, 5) is 27.8. The second-order valence-electron chi connectivity index (χ2n) is 8.87. The number of fused-ring (bicyclic) bond motifs is 1. The molecule has 2 aliphatic heterocycles. The molecule has 0 radical (unpaired) electrons. The van der Waals surface area contributed by atoms with E-state index in [2.05, 4.69) is 20.3 Å². The van der Waals surface area contributed by atoms with Crippen LogP contribution in [0, 0.1) is 11.7 Å². The van der Waals surface area contributed by atoms with Crippen LogP contribution in [-0.2, 0) is 4.79 Å². The van der Waals surface area contributed by atoms with Crippen molar-refractivity contribution < 1.29 is 14.2 Å². The molecule has 0 aliphatic carbocycles. The Kier molecular flexibility index (Phi) is 6.02. The molecule has 1 saturated heterocycles. The van der Waals surface area contributed by atoms with E-state index in [4.69, 9.17) is 10.8 Å². The van der Waals surface area contributed by atoms with Crippen molar-refractivity contribution in [3.05, 3.63) is 66.0 Å². The average molecular weight is 476 g/mol. The second kappa shape index (κ2) is 9.28. The Labute approximate surface area is 202 Å². The third-order valence-electron chi connectivity index (χ3n) is 6.26. The van der Waals surface area contributed by atoms with Crippen molar-refractivity contribution in [3.63, 3.8) is 0 Å². The normalized spacial score (nSPS) is 19.1. The maximum atomic E-state index is 13.7. The Balaban J connectivity index is 1.49. The monoisotopic (exact) mass is 475 g/mol. The number of aliphatic imine (C=N–C) groups is 1. The standard InChI is InChI=1S/C25H27FN8O/c1-15(2)21(31-17-7-5-16(26)6-8-17)20(14-27)33-13-9-19(25(33)35)34-24-18(4-3-10-30-24)22(32-34)23-28-11-12-29-23/h3-8,10,14-15,19H,9,11-13,27H2,1-2H3,(H,28,29)/p+1. The maximum absolute atomic E-state index is 13.7.